The largest absolute Gasteiger partial charge is 0.364 e. The molecule has 2 aromatic heterocycles. The smallest absolute Gasteiger partial charge is 0.126 e. The summed E-state index contributed by atoms with van der Waals surface area (Å²) in [7, 11) is 1.87. The van der Waals surface area contributed by atoms with Gasteiger partial charge in [0.05, 0.1) is 24.1 Å². The normalized spacial score (nSPS) is 10.4. The van der Waals surface area contributed by atoms with Crippen molar-refractivity contribution in [1.82, 2.24) is 20.0 Å². The lowest BCUT2D eigenvalue weighted by molar-refractivity contribution is 0.683. The Morgan fingerprint density at radius 1 is 1.44 bits per heavy atom. The van der Waals surface area contributed by atoms with Crippen molar-refractivity contribution in [3.63, 3.8) is 0 Å². The Morgan fingerprint density at radius 3 is 2.88 bits per heavy atom. The summed E-state index contributed by atoms with van der Waals surface area (Å²) in [5.41, 5.74) is 2.06. The summed E-state index contributed by atoms with van der Waals surface area (Å²) < 4.78 is 2.91. The molecule has 2 aromatic rings. The summed E-state index contributed by atoms with van der Waals surface area (Å²) in [5, 5.41) is 10.9. The van der Waals surface area contributed by atoms with Crippen LogP contribution in [0.4, 0.5) is 5.82 Å². The molecule has 0 unspecified atom stereocenters. The quantitative estimate of drug-likeness (QED) is 0.872. The van der Waals surface area contributed by atoms with Crippen molar-refractivity contribution in [3.05, 3.63) is 33.3 Å². The molecule has 5 nitrogen and oxygen atoms in total. The van der Waals surface area contributed by atoms with Gasteiger partial charge in [-0.15, -0.1) is 5.10 Å². The first-order chi connectivity index (χ1) is 7.66. The van der Waals surface area contributed by atoms with Gasteiger partial charge in [0.2, 0.25) is 0 Å². The number of aryl methyl sites for hydroxylation is 2. The van der Waals surface area contributed by atoms with Gasteiger partial charge in [0, 0.05) is 10.6 Å². The van der Waals surface area contributed by atoms with E-state index in [4.69, 9.17) is 0 Å². The lowest BCUT2D eigenvalue weighted by Crippen LogP contribution is -2.07. The third-order valence-electron chi connectivity index (χ3n) is 2.28. The van der Waals surface area contributed by atoms with Gasteiger partial charge in [-0.2, -0.15) is 0 Å². The van der Waals surface area contributed by atoms with Crippen LogP contribution in [-0.2, 0) is 13.6 Å². The first-order valence-electron chi connectivity index (χ1n) is 4.87. The molecule has 0 spiro atoms. The van der Waals surface area contributed by atoms with Crippen LogP contribution in [-0.4, -0.2) is 20.0 Å². The number of halogens is 1. The van der Waals surface area contributed by atoms with Gasteiger partial charge in [0.1, 0.15) is 5.82 Å². The molecule has 0 saturated carbocycles. The topological polar surface area (TPSA) is 55.6 Å². The van der Waals surface area contributed by atoms with E-state index in [0.717, 1.165) is 17.2 Å². The average molecular weight is 329 g/mol. The van der Waals surface area contributed by atoms with Gasteiger partial charge in [0.15, 0.2) is 0 Å². The Hall–Kier alpha value is -1.18. The molecule has 0 aliphatic heterocycles. The lowest BCUT2D eigenvalue weighted by atomic mass is 10.3. The third-order valence-corrected chi connectivity index (χ3v) is 3.42. The van der Waals surface area contributed by atoms with Crippen LogP contribution in [0.15, 0.2) is 18.3 Å². The highest BCUT2D eigenvalue weighted by atomic mass is 127. The molecule has 0 atom stereocenters. The third kappa shape index (κ3) is 2.49. The van der Waals surface area contributed by atoms with Gasteiger partial charge in [0.25, 0.3) is 0 Å². The summed E-state index contributed by atoms with van der Waals surface area (Å²) in [6.07, 6.45) is 1.74. The highest BCUT2D eigenvalue weighted by Crippen LogP contribution is 2.12. The minimum Gasteiger partial charge on any atom is -0.364 e. The predicted molar refractivity (Wildman–Crippen MR) is 70.0 cm³/mol. The Labute approximate surface area is 107 Å². The minimum atomic E-state index is 0.677. The molecule has 2 heterocycles. The maximum Gasteiger partial charge on any atom is 0.126 e. The summed E-state index contributed by atoms with van der Waals surface area (Å²) in [6.45, 7) is 2.68. The Kier molecular flexibility index (Phi) is 3.37. The van der Waals surface area contributed by atoms with Crippen LogP contribution >= 0.6 is 22.6 Å². The van der Waals surface area contributed by atoms with E-state index >= 15 is 0 Å². The molecule has 0 radical (unpaired) electrons. The molecule has 0 aromatic carbocycles. The number of hydrogen-bond acceptors (Lipinski definition) is 4. The fraction of sp³-hybridized carbons (Fsp3) is 0.300. The molecule has 2 rings (SSSR count). The number of aromatic nitrogens is 4. The van der Waals surface area contributed by atoms with Crippen LogP contribution in [0.5, 0.6) is 0 Å². The second-order valence-corrected chi connectivity index (χ2v) is 4.63. The van der Waals surface area contributed by atoms with Gasteiger partial charge >= 0.3 is 0 Å². The highest BCUT2D eigenvalue weighted by molar-refractivity contribution is 14.1. The Bertz CT molecular complexity index is 494. The van der Waals surface area contributed by atoms with Crippen LogP contribution < -0.4 is 5.32 Å². The molecule has 0 bridgehead atoms. The van der Waals surface area contributed by atoms with Gasteiger partial charge in [-0.3, -0.25) is 4.68 Å². The maximum absolute atomic E-state index is 4.43. The number of rotatable bonds is 3. The molecule has 6 heteroatoms. The van der Waals surface area contributed by atoms with E-state index in [-0.39, 0.29) is 0 Å². The molecule has 0 aliphatic rings. The first kappa shape index (κ1) is 11.3. The SMILES string of the molecule is Cc1nc(NCc2cnnn2C)ccc1I. The van der Waals surface area contributed by atoms with Crippen molar-refractivity contribution in [2.24, 2.45) is 7.05 Å². The summed E-state index contributed by atoms with van der Waals surface area (Å²) in [4.78, 5) is 4.43. The Morgan fingerprint density at radius 2 is 2.25 bits per heavy atom. The van der Waals surface area contributed by atoms with Gasteiger partial charge in [-0.25, -0.2) is 4.98 Å². The van der Waals surface area contributed by atoms with E-state index < -0.39 is 0 Å². The van der Waals surface area contributed by atoms with E-state index in [0.29, 0.717) is 6.54 Å². The van der Waals surface area contributed by atoms with Crippen molar-refractivity contribution in [1.29, 1.82) is 0 Å². The van der Waals surface area contributed by atoms with E-state index in [1.807, 2.05) is 26.1 Å². The highest BCUT2D eigenvalue weighted by Gasteiger charge is 2.01. The van der Waals surface area contributed by atoms with Crippen molar-refractivity contribution in [3.8, 4) is 0 Å². The van der Waals surface area contributed by atoms with Crippen LogP contribution in [0, 0.1) is 10.5 Å². The summed E-state index contributed by atoms with van der Waals surface area (Å²) in [6, 6.07) is 4.02. The molecule has 0 aliphatic carbocycles. The van der Waals surface area contributed by atoms with Crippen LogP contribution in [0.1, 0.15) is 11.4 Å². The van der Waals surface area contributed by atoms with Crippen molar-refractivity contribution in [2.75, 3.05) is 5.32 Å². The monoisotopic (exact) mass is 329 g/mol. The average Bonchev–Trinajstić information content (AvgIpc) is 2.66. The predicted octanol–water partition coefficient (Wildman–Crippen LogP) is 1.74. The van der Waals surface area contributed by atoms with Crippen LogP contribution in [0.3, 0.4) is 0 Å². The number of hydrogen-bond donors (Lipinski definition) is 1. The summed E-state index contributed by atoms with van der Waals surface area (Å²) in [5.74, 6) is 0.874. The molecule has 84 valence electrons. The van der Waals surface area contributed by atoms with Gasteiger partial charge < -0.3 is 5.32 Å². The fourth-order valence-corrected chi connectivity index (χ4v) is 1.59. The standard InChI is InChI=1S/C10H12IN5/c1-7-9(11)3-4-10(14-7)12-5-8-6-13-15-16(8)2/h3-4,6H,5H2,1-2H3,(H,12,14). The van der Waals surface area contributed by atoms with Crippen LogP contribution in [0.2, 0.25) is 0 Å². The van der Waals surface area contributed by atoms with Gasteiger partial charge in [-0.05, 0) is 41.6 Å². The number of nitrogens with zero attached hydrogens (tertiary/aromatic N) is 4. The van der Waals surface area contributed by atoms with Crippen molar-refractivity contribution >= 4 is 28.4 Å². The van der Waals surface area contributed by atoms with E-state index in [9.17, 15) is 0 Å². The second-order valence-electron chi connectivity index (χ2n) is 3.47. The zero-order valence-corrected chi connectivity index (χ0v) is 11.3. The van der Waals surface area contributed by atoms with E-state index in [1.54, 1.807) is 10.9 Å². The van der Waals surface area contributed by atoms with Crippen LogP contribution in [0.25, 0.3) is 0 Å². The molecule has 0 fully saturated rings. The maximum atomic E-state index is 4.43. The number of anilines is 1. The molecule has 16 heavy (non-hydrogen) atoms. The minimum absolute atomic E-state index is 0.677. The van der Waals surface area contributed by atoms with Crippen molar-refractivity contribution < 1.29 is 0 Å². The molecular formula is C10H12IN5. The molecule has 0 amide bonds. The number of nitrogens with one attached hydrogen (secondary N) is 1. The van der Waals surface area contributed by atoms with E-state index in [2.05, 4.69) is 43.2 Å². The molecule has 0 saturated heterocycles. The molecule has 1 N–H and O–H groups in total. The molecular weight excluding hydrogens is 317 g/mol. The van der Waals surface area contributed by atoms with E-state index in [1.165, 1.54) is 3.57 Å². The fourth-order valence-electron chi connectivity index (χ4n) is 1.29. The number of pyridine rings is 1. The zero-order chi connectivity index (χ0) is 11.5. The second kappa shape index (κ2) is 4.77. The first-order valence-corrected chi connectivity index (χ1v) is 5.95. The van der Waals surface area contributed by atoms with Gasteiger partial charge in [-0.1, -0.05) is 5.21 Å². The van der Waals surface area contributed by atoms with Crippen molar-refractivity contribution in [2.45, 2.75) is 13.5 Å². The summed E-state index contributed by atoms with van der Waals surface area (Å²) >= 11 is 2.27. The lowest BCUT2D eigenvalue weighted by Gasteiger charge is -2.06. The zero-order valence-electron chi connectivity index (χ0n) is 9.11. The Balaban J connectivity index is 2.05.